The Hall–Kier alpha value is -1.16. The predicted molar refractivity (Wildman–Crippen MR) is 43.6 cm³/mol. The number of hydrogen-bond acceptors (Lipinski definition) is 4. The Morgan fingerprint density at radius 1 is 1.58 bits per heavy atom. The normalized spacial score (nSPS) is 9.58. The van der Waals surface area contributed by atoms with Crippen LogP contribution in [0.25, 0.3) is 0 Å². The number of carbonyl (C=O) groups excluding carboxylic acids is 1. The summed E-state index contributed by atoms with van der Waals surface area (Å²) in [7, 11) is 1.44. The topological polar surface area (TPSA) is 52.1 Å². The molecule has 1 rings (SSSR count). The second-order valence-corrected chi connectivity index (χ2v) is 2.53. The fourth-order valence-corrected chi connectivity index (χ4v) is 0.889. The van der Waals surface area contributed by atoms with Gasteiger partial charge in [0.05, 0.1) is 7.11 Å². The van der Waals surface area contributed by atoms with Crippen LogP contribution in [0.1, 0.15) is 17.4 Å². The van der Waals surface area contributed by atoms with E-state index in [1.807, 2.05) is 0 Å². The lowest BCUT2D eigenvalue weighted by Gasteiger charge is -2.02. The monoisotopic (exact) mass is 186 g/mol. The van der Waals surface area contributed by atoms with Crippen molar-refractivity contribution in [3.63, 3.8) is 0 Å². The second-order valence-electron chi connectivity index (χ2n) is 2.14. The number of aromatic nitrogens is 2. The standard InChI is InChI=1S/C7H7ClN2O2/c1-4(11)7-5(12-2)3-6(8)9-10-7/h3H,1-2H3. The van der Waals surface area contributed by atoms with Gasteiger partial charge >= 0.3 is 0 Å². The molecular formula is C7H7ClN2O2. The average Bonchev–Trinajstić information content (AvgIpc) is 2.03. The summed E-state index contributed by atoms with van der Waals surface area (Å²) in [6.45, 7) is 1.39. The van der Waals surface area contributed by atoms with E-state index in [9.17, 15) is 4.79 Å². The fourth-order valence-electron chi connectivity index (χ4n) is 0.752. The van der Waals surface area contributed by atoms with E-state index >= 15 is 0 Å². The van der Waals surface area contributed by atoms with Crippen LogP contribution in [0.4, 0.5) is 0 Å². The van der Waals surface area contributed by atoms with E-state index < -0.39 is 0 Å². The molecule has 0 spiro atoms. The molecule has 0 radical (unpaired) electrons. The highest BCUT2D eigenvalue weighted by Gasteiger charge is 2.10. The zero-order valence-electron chi connectivity index (χ0n) is 6.67. The Kier molecular flexibility index (Phi) is 2.60. The molecular weight excluding hydrogens is 180 g/mol. The molecule has 0 aliphatic heterocycles. The number of ether oxygens (including phenoxy) is 1. The molecule has 0 aliphatic carbocycles. The van der Waals surface area contributed by atoms with Crippen molar-refractivity contribution < 1.29 is 9.53 Å². The molecule has 0 aliphatic rings. The van der Waals surface area contributed by atoms with Gasteiger partial charge in [-0.1, -0.05) is 11.6 Å². The van der Waals surface area contributed by atoms with E-state index in [0.717, 1.165) is 0 Å². The van der Waals surface area contributed by atoms with Gasteiger partial charge in [-0.2, -0.15) is 0 Å². The Balaban J connectivity index is 3.20. The van der Waals surface area contributed by atoms with Gasteiger partial charge < -0.3 is 4.74 Å². The minimum Gasteiger partial charge on any atom is -0.494 e. The quantitative estimate of drug-likeness (QED) is 0.654. The summed E-state index contributed by atoms with van der Waals surface area (Å²) < 4.78 is 4.88. The van der Waals surface area contributed by atoms with Gasteiger partial charge in [0.15, 0.2) is 22.4 Å². The minimum atomic E-state index is -0.198. The number of nitrogens with zero attached hydrogens (tertiary/aromatic N) is 2. The molecule has 0 bridgehead atoms. The smallest absolute Gasteiger partial charge is 0.183 e. The van der Waals surface area contributed by atoms with Crippen molar-refractivity contribution >= 4 is 17.4 Å². The number of ketones is 1. The molecule has 0 N–H and O–H groups in total. The lowest BCUT2D eigenvalue weighted by Crippen LogP contribution is -2.02. The van der Waals surface area contributed by atoms with Crippen molar-refractivity contribution in [3.05, 3.63) is 16.9 Å². The van der Waals surface area contributed by atoms with E-state index in [-0.39, 0.29) is 16.6 Å². The van der Waals surface area contributed by atoms with Gasteiger partial charge in [0.2, 0.25) is 0 Å². The molecule has 12 heavy (non-hydrogen) atoms. The first-order chi connectivity index (χ1) is 5.65. The van der Waals surface area contributed by atoms with Crippen LogP contribution in [-0.4, -0.2) is 23.1 Å². The number of methoxy groups -OCH3 is 1. The summed E-state index contributed by atoms with van der Waals surface area (Å²) >= 11 is 5.54. The molecule has 0 saturated carbocycles. The SMILES string of the molecule is COc1cc(Cl)nnc1C(C)=O. The van der Waals surface area contributed by atoms with E-state index in [0.29, 0.717) is 5.75 Å². The lowest BCUT2D eigenvalue weighted by molar-refractivity contribution is 0.100. The van der Waals surface area contributed by atoms with Crippen molar-refractivity contribution in [2.45, 2.75) is 6.92 Å². The predicted octanol–water partition coefficient (Wildman–Crippen LogP) is 1.34. The molecule has 0 aromatic carbocycles. The van der Waals surface area contributed by atoms with Gasteiger partial charge in [-0.05, 0) is 0 Å². The van der Waals surface area contributed by atoms with Gasteiger partial charge in [0.1, 0.15) is 0 Å². The van der Waals surface area contributed by atoms with E-state index in [1.165, 1.54) is 20.1 Å². The van der Waals surface area contributed by atoms with Crippen LogP contribution in [0.5, 0.6) is 5.75 Å². The van der Waals surface area contributed by atoms with Crippen molar-refractivity contribution in [1.29, 1.82) is 0 Å². The number of hydrogen-bond donors (Lipinski definition) is 0. The molecule has 0 fully saturated rings. The third-order valence-electron chi connectivity index (χ3n) is 1.28. The number of rotatable bonds is 2. The first kappa shape index (κ1) is 8.93. The van der Waals surface area contributed by atoms with Crippen LogP contribution >= 0.6 is 11.6 Å². The van der Waals surface area contributed by atoms with Gasteiger partial charge in [0, 0.05) is 13.0 Å². The van der Waals surface area contributed by atoms with E-state index in [4.69, 9.17) is 16.3 Å². The number of halogens is 1. The first-order valence-corrected chi connectivity index (χ1v) is 3.61. The first-order valence-electron chi connectivity index (χ1n) is 3.23. The highest BCUT2D eigenvalue weighted by atomic mass is 35.5. The van der Waals surface area contributed by atoms with Crippen LogP contribution in [0.3, 0.4) is 0 Å². The number of Topliss-reactive ketones (excluding diaryl/α,β-unsaturated/α-hetero) is 1. The maximum absolute atomic E-state index is 10.9. The molecule has 64 valence electrons. The summed E-state index contributed by atoms with van der Waals surface area (Å²) in [6.07, 6.45) is 0. The summed E-state index contributed by atoms with van der Waals surface area (Å²) in [4.78, 5) is 10.9. The Labute approximate surface area is 74.5 Å². The molecule has 1 heterocycles. The molecule has 1 aromatic rings. The Morgan fingerprint density at radius 3 is 2.75 bits per heavy atom. The lowest BCUT2D eigenvalue weighted by atomic mass is 10.3. The zero-order chi connectivity index (χ0) is 9.14. The van der Waals surface area contributed by atoms with Crippen molar-refractivity contribution in [2.75, 3.05) is 7.11 Å². The third-order valence-corrected chi connectivity index (χ3v) is 1.47. The third kappa shape index (κ3) is 1.71. The molecule has 4 nitrogen and oxygen atoms in total. The van der Waals surface area contributed by atoms with E-state index in [2.05, 4.69) is 10.2 Å². The summed E-state index contributed by atoms with van der Waals surface area (Å²) in [5, 5.41) is 7.32. The van der Waals surface area contributed by atoms with E-state index in [1.54, 1.807) is 0 Å². The molecule has 1 aromatic heterocycles. The fraction of sp³-hybridized carbons (Fsp3) is 0.286. The van der Waals surface area contributed by atoms with Gasteiger partial charge in [-0.3, -0.25) is 4.79 Å². The molecule has 0 atom stereocenters. The molecule has 0 unspecified atom stereocenters. The number of carbonyl (C=O) groups is 1. The van der Waals surface area contributed by atoms with Crippen molar-refractivity contribution in [1.82, 2.24) is 10.2 Å². The van der Waals surface area contributed by atoms with Gasteiger partial charge in [0.25, 0.3) is 0 Å². The van der Waals surface area contributed by atoms with Crippen LogP contribution in [0.2, 0.25) is 5.15 Å². The molecule has 0 amide bonds. The highest BCUT2D eigenvalue weighted by molar-refractivity contribution is 6.29. The Morgan fingerprint density at radius 2 is 2.25 bits per heavy atom. The van der Waals surface area contributed by atoms with Crippen LogP contribution < -0.4 is 4.74 Å². The molecule has 0 saturated heterocycles. The Bertz CT molecular complexity index is 314. The molecule has 5 heteroatoms. The summed E-state index contributed by atoms with van der Waals surface area (Å²) in [6, 6.07) is 1.45. The van der Waals surface area contributed by atoms with Crippen LogP contribution in [0, 0.1) is 0 Å². The largest absolute Gasteiger partial charge is 0.494 e. The van der Waals surface area contributed by atoms with Gasteiger partial charge in [-0.25, -0.2) is 0 Å². The summed E-state index contributed by atoms with van der Waals surface area (Å²) in [5.74, 6) is 0.151. The van der Waals surface area contributed by atoms with Crippen LogP contribution in [0.15, 0.2) is 6.07 Å². The minimum absolute atomic E-state index is 0.196. The van der Waals surface area contributed by atoms with Crippen LogP contribution in [-0.2, 0) is 0 Å². The van der Waals surface area contributed by atoms with Crippen molar-refractivity contribution in [2.24, 2.45) is 0 Å². The second kappa shape index (κ2) is 3.49. The highest BCUT2D eigenvalue weighted by Crippen LogP contribution is 2.18. The maximum atomic E-state index is 10.9. The van der Waals surface area contributed by atoms with Gasteiger partial charge in [-0.15, -0.1) is 10.2 Å². The van der Waals surface area contributed by atoms with Crippen molar-refractivity contribution in [3.8, 4) is 5.75 Å². The zero-order valence-corrected chi connectivity index (χ0v) is 7.42. The average molecular weight is 187 g/mol. The summed E-state index contributed by atoms with van der Waals surface area (Å²) in [5.41, 5.74) is 0.196. The maximum Gasteiger partial charge on any atom is 0.183 e.